The molecule has 0 bridgehead atoms. The summed E-state index contributed by atoms with van der Waals surface area (Å²) in [7, 11) is 0. The lowest BCUT2D eigenvalue weighted by Gasteiger charge is -2.11. The Morgan fingerprint density at radius 2 is 1.81 bits per heavy atom. The molecule has 0 atom stereocenters. The molecule has 0 saturated heterocycles. The Morgan fingerprint density at radius 1 is 1.04 bits per heavy atom. The Kier molecular flexibility index (Phi) is 5.12. The van der Waals surface area contributed by atoms with Crippen LogP contribution in [0.25, 0.3) is 10.8 Å². The number of fused-ring (bicyclic) bond motifs is 1. The van der Waals surface area contributed by atoms with Crippen LogP contribution in [-0.4, -0.2) is 23.5 Å². The van der Waals surface area contributed by atoms with E-state index in [1.807, 2.05) is 44.2 Å². The number of anilines is 2. The average Bonchev–Trinajstić information content (AvgIpc) is 2.62. The summed E-state index contributed by atoms with van der Waals surface area (Å²) in [5, 5.41) is 10.1. The lowest BCUT2D eigenvalue weighted by atomic mass is 10.1. The number of pyridine rings is 1. The number of aryl methyl sites for hydroxylation is 1. The van der Waals surface area contributed by atoms with Gasteiger partial charge in [0.2, 0.25) is 0 Å². The van der Waals surface area contributed by atoms with Gasteiger partial charge < -0.3 is 10.6 Å². The van der Waals surface area contributed by atoms with Crippen molar-refractivity contribution in [2.45, 2.75) is 13.8 Å². The van der Waals surface area contributed by atoms with E-state index in [1.54, 1.807) is 24.4 Å². The maximum atomic E-state index is 12.4. The van der Waals surface area contributed by atoms with Crippen LogP contribution in [0.4, 0.5) is 16.3 Å². The molecule has 2 aromatic carbocycles. The molecule has 1 heterocycles. The zero-order chi connectivity index (χ0) is 18.5. The lowest BCUT2D eigenvalue weighted by molar-refractivity contribution is 0.102. The van der Waals surface area contributed by atoms with Gasteiger partial charge in [0.15, 0.2) is 0 Å². The number of benzene rings is 2. The van der Waals surface area contributed by atoms with Crippen molar-refractivity contribution in [2.75, 3.05) is 17.2 Å². The van der Waals surface area contributed by atoms with Gasteiger partial charge >= 0.3 is 6.03 Å². The van der Waals surface area contributed by atoms with Crippen molar-refractivity contribution < 1.29 is 9.59 Å². The van der Waals surface area contributed by atoms with Crippen molar-refractivity contribution >= 4 is 34.2 Å². The Labute approximate surface area is 151 Å². The van der Waals surface area contributed by atoms with Crippen LogP contribution in [0.1, 0.15) is 22.8 Å². The number of aromatic nitrogens is 1. The van der Waals surface area contributed by atoms with E-state index in [0.29, 0.717) is 23.6 Å². The molecular weight excluding hydrogens is 328 g/mol. The largest absolute Gasteiger partial charge is 0.338 e. The van der Waals surface area contributed by atoms with Crippen LogP contribution in [-0.2, 0) is 0 Å². The quantitative estimate of drug-likeness (QED) is 0.668. The molecule has 1 aromatic heterocycles. The molecule has 132 valence electrons. The number of nitrogens with one attached hydrogen (secondary N) is 3. The normalized spacial score (nSPS) is 10.4. The summed E-state index contributed by atoms with van der Waals surface area (Å²) >= 11 is 0. The molecule has 0 fully saturated rings. The topological polar surface area (TPSA) is 83.1 Å². The SMILES string of the molecule is CCNC(=O)Nc1cc2cc(NC(=O)c3ccccc3)cc(C)c2cn1. The predicted molar refractivity (Wildman–Crippen MR) is 104 cm³/mol. The molecular formula is C20H20N4O2. The number of nitrogens with zero attached hydrogens (tertiary/aromatic N) is 1. The van der Waals surface area contributed by atoms with Crippen LogP contribution in [0.15, 0.2) is 54.7 Å². The van der Waals surface area contributed by atoms with Gasteiger partial charge in [-0.05, 0) is 55.1 Å². The van der Waals surface area contributed by atoms with Gasteiger partial charge in [0, 0.05) is 29.4 Å². The highest BCUT2D eigenvalue weighted by molar-refractivity contribution is 6.05. The van der Waals surface area contributed by atoms with E-state index in [9.17, 15) is 9.59 Å². The minimum Gasteiger partial charge on any atom is -0.338 e. The molecule has 3 aromatic rings. The smallest absolute Gasteiger partial charge is 0.320 e. The number of urea groups is 1. The zero-order valence-corrected chi connectivity index (χ0v) is 14.7. The third-order valence-corrected chi connectivity index (χ3v) is 3.92. The minimum absolute atomic E-state index is 0.168. The first-order valence-corrected chi connectivity index (χ1v) is 8.38. The first-order chi connectivity index (χ1) is 12.6. The van der Waals surface area contributed by atoms with E-state index in [0.717, 1.165) is 16.3 Å². The summed E-state index contributed by atoms with van der Waals surface area (Å²) in [5.74, 6) is 0.286. The second-order valence-corrected chi connectivity index (χ2v) is 5.89. The third kappa shape index (κ3) is 3.97. The van der Waals surface area contributed by atoms with Crippen LogP contribution in [0.3, 0.4) is 0 Å². The molecule has 6 nitrogen and oxygen atoms in total. The van der Waals surface area contributed by atoms with Crippen molar-refractivity contribution in [1.29, 1.82) is 0 Å². The molecule has 3 N–H and O–H groups in total. The molecule has 3 amide bonds. The predicted octanol–water partition coefficient (Wildman–Crippen LogP) is 3.94. The van der Waals surface area contributed by atoms with Crippen LogP contribution >= 0.6 is 0 Å². The summed E-state index contributed by atoms with van der Waals surface area (Å²) in [6, 6.07) is 14.3. The highest BCUT2D eigenvalue weighted by Crippen LogP contribution is 2.25. The third-order valence-electron chi connectivity index (χ3n) is 3.92. The molecule has 26 heavy (non-hydrogen) atoms. The molecule has 0 aliphatic heterocycles. The van der Waals surface area contributed by atoms with E-state index in [1.165, 1.54) is 0 Å². The monoisotopic (exact) mass is 348 g/mol. The number of carbonyl (C=O) groups is 2. The molecule has 0 aliphatic carbocycles. The van der Waals surface area contributed by atoms with Crippen LogP contribution in [0.5, 0.6) is 0 Å². The van der Waals surface area contributed by atoms with Gasteiger partial charge in [-0.3, -0.25) is 10.1 Å². The van der Waals surface area contributed by atoms with Crippen molar-refractivity contribution in [3.8, 4) is 0 Å². The Morgan fingerprint density at radius 3 is 2.54 bits per heavy atom. The minimum atomic E-state index is -0.301. The highest BCUT2D eigenvalue weighted by atomic mass is 16.2. The van der Waals surface area contributed by atoms with Gasteiger partial charge in [-0.2, -0.15) is 0 Å². The second-order valence-electron chi connectivity index (χ2n) is 5.89. The Balaban J connectivity index is 1.87. The van der Waals surface area contributed by atoms with E-state index in [-0.39, 0.29) is 11.9 Å². The van der Waals surface area contributed by atoms with Gasteiger partial charge in [-0.25, -0.2) is 9.78 Å². The van der Waals surface area contributed by atoms with Crippen molar-refractivity contribution in [3.05, 3.63) is 65.9 Å². The maximum Gasteiger partial charge on any atom is 0.320 e. The molecule has 0 spiro atoms. The first kappa shape index (κ1) is 17.4. The van der Waals surface area contributed by atoms with E-state index in [2.05, 4.69) is 20.9 Å². The fraction of sp³-hybridized carbons (Fsp3) is 0.150. The summed E-state index contributed by atoms with van der Waals surface area (Å²) in [6.45, 7) is 4.34. The molecule has 0 saturated carbocycles. The standard InChI is InChI=1S/C20H20N4O2/c1-3-21-20(26)24-18-11-15-10-16(9-13(2)17(15)12-22-18)23-19(25)14-7-5-4-6-8-14/h4-12H,3H2,1-2H3,(H,23,25)(H2,21,22,24,26). The summed E-state index contributed by atoms with van der Waals surface area (Å²) in [6.07, 6.45) is 1.72. The number of hydrogen-bond donors (Lipinski definition) is 3. The fourth-order valence-electron chi connectivity index (χ4n) is 2.69. The summed E-state index contributed by atoms with van der Waals surface area (Å²) in [5.41, 5.74) is 2.28. The number of amides is 3. The Hall–Kier alpha value is -3.41. The zero-order valence-electron chi connectivity index (χ0n) is 14.7. The van der Waals surface area contributed by atoms with Gasteiger partial charge in [-0.1, -0.05) is 18.2 Å². The molecule has 6 heteroatoms. The van der Waals surface area contributed by atoms with E-state index >= 15 is 0 Å². The van der Waals surface area contributed by atoms with Crippen molar-refractivity contribution in [3.63, 3.8) is 0 Å². The molecule has 3 rings (SSSR count). The molecule has 0 unspecified atom stereocenters. The lowest BCUT2D eigenvalue weighted by Crippen LogP contribution is -2.28. The van der Waals surface area contributed by atoms with E-state index < -0.39 is 0 Å². The van der Waals surface area contributed by atoms with Gasteiger partial charge in [-0.15, -0.1) is 0 Å². The number of carbonyl (C=O) groups excluding carboxylic acids is 2. The number of rotatable bonds is 4. The van der Waals surface area contributed by atoms with Crippen LogP contribution in [0, 0.1) is 6.92 Å². The number of hydrogen-bond acceptors (Lipinski definition) is 3. The second kappa shape index (κ2) is 7.65. The first-order valence-electron chi connectivity index (χ1n) is 8.38. The fourth-order valence-corrected chi connectivity index (χ4v) is 2.69. The average molecular weight is 348 g/mol. The van der Waals surface area contributed by atoms with Gasteiger partial charge in [0.25, 0.3) is 5.91 Å². The summed E-state index contributed by atoms with van der Waals surface area (Å²) < 4.78 is 0. The van der Waals surface area contributed by atoms with Crippen LogP contribution in [0.2, 0.25) is 0 Å². The summed E-state index contributed by atoms with van der Waals surface area (Å²) in [4.78, 5) is 28.3. The van der Waals surface area contributed by atoms with Crippen LogP contribution < -0.4 is 16.0 Å². The van der Waals surface area contributed by atoms with E-state index in [4.69, 9.17) is 0 Å². The van der Waals surface area contributed by atoms with Gasteiger partial charge in [0.1, 0.15) is 5.82 Å². The van der Waals surface area contributed by atoms with Gasteiger partial charge in [0.05, 0.1) is 0 Å². The Bertz CT molecular complexity index is 955. The molecule has 0 aliphatic rings. The van der Waals surface area contributed by atoms with Crippen molar-refractivity contribution in [2.24, 2.45) is 0 Å². The highest BCUT2D eigenvalue weighted by Gasteiger charge is 2.09. The molecule has 0 radical (unpaired) electrons. The maximum absolute atomic E-state index is 12.4. The van der Waals surface area contributed by atoms with Crippen molar-refractivity contribution in [1.82, 2.24) is 10.3 Å².